The molecule has 1 N–H and O–H groups in total. The van der Waals surface area contributed by atoms with Crippen LogP contribution in [0, 0.1) is 0 Å². The molecule has 0 bridgehead atoms. The van der Waals surface area contributed by atoms with Gasteiger partial charge in [-0.3, -0.25) is 0 Å². The van der Waals surface area contributed by atoms with Crippen LogP contribution in [0.1, 0.15) is 15.4 Å². The molecule has 2 heterocycles. The largest absolute Gasteiger partial charge is 0.477 e. The molecule has 0 atom stereocenters. The highest BCUT2D eigenvalue weighted by Crippen LogP contribution is 2.24. The van der Waals surface area contributed by atoms with E-state index in [1.807, 2.05) is 0 Å². The Kier molecular flexibility index (Phi) is 4.33. The Labute approximate surface area is 127 Å². The number of aromatic carboxylic acids is 1. The van der Waals surface area contributed by atoms with E-state index in [0.29, 0.717) is 10.4 Å². The second-order valence-electron chi connectivity index (χ2n) is 3.92. The van der Waals surface area contributed by atoms with Crippen LogP contribution in [-0.4, -0.2) is 30.8 Å². The number of sulfonamides is 1. The number of carbonyl (C=O) groups is 1. The first-order valence-electron chi connectivity index (χ1n) is 5.33. The summed E-state index contributed by atoms with van der Waals surface area (Å²) < 4.78 is 31.4. The summed E-state index contributed by atoms with van der Waals surface area (Å²) in [6.07, 6.45) is 0. The summed E-state index contributed by atoms with van der Waals surface area (Å²) in [5, 5.41) is 10.1. The maximum atomic E-state index is 12.3. The van der Waals surface area contributed by atoms with Crippen molar-refractivity contribution in [3.63, 3.8) is 0 Å². The minimum absolute atomic E-state index is 0.0160. The van der Waals surface area contributed by atoms with Gasteiger partial charge in [0.05, 0.1) is 11.4 Å². The van der Waals surface area contributed by atoms with Crippen molar-refractivity contribution in [3.05, 3.63) is 38.9 Å². The molecule has 0 fully saturated rings. The smallest absolute Gasteiger partial charge is 0.345 e. The molecule has 2 rings (SSSR count). The highest BCUT2D eigenvalue weighted by atomic mass is 79.9. The molecule has 0 aliphatic carbocycles. The van der Waals surface area contributed by atoms with Gasteiger partial charge >= 0.3 is 5.97 Å². The fourth-order valence-electron chi connectivity index (χ4n) is 1.49. The third-order valence-electron chi connectivity index (χ3n) is 2.50. The number of carboxylic acids is 1. The minimum Gasteiger partial charge on any atom is -0.477 e. The van der Waals surface area contributed by atoms with Crippen molar-refractivity contribution < 1.29 is 22.7 Å². The maximum absolute atomic E-state index is 12.3. The minimum atomic E-state index is -3.74. The van der Waals surface area contributed by atoms with Crippen LogP contribution in [0.3, 0.4) is 0 Å². The third-order valence-corrected chi connectivity index (χ3v) is 5.78. The Hall–Kier alpha value is -1.16. The molecule has 0 aliphatic heterocycles. The fraction of sp³-hybridized carbons (Fsp3) is 0.182. The lowest BCUT2D eigenvalue weighted by Gasteiger charge is -2.14. The van der Waals surface area contributed by atoms with Gasteiger partial charge in [0.1, 0.15) is 10.6 Å². The molecule has 6 nitrogen and oxygen atoms in total. The van der Waals surface area contributed by atoms with Gasteiger partial charge in [-0.2, -0.15) is 4.31 Å². The predicted molar refractivity (Wildman–Crippen MR) is 76.3 cm³/mol. The summed E-state index contributed by atoms with van der Waals surface area (Å²) in [5.41, 5.74) is 0. The molecule has 0 saturated carbocycles. The molecular weight excluding hydrogens is 370 g/mol. The number of nitrogens with zero attached hydrogens (tertiary/aromatic N) is 1. The van der Waals surface area contributed by atoms with E-state index in [0.717, 1.165) is 21.7 Å². The van der Waals surface area contributed by atoms with E-state index in [1.165, 1.54) is 12.4 Å². The highest BCUT2D eigenvalue weighted by Gasteiger charge is 2.24. The zero-order valence-corrected chi connectivity index (χ0v) is 13.5. The van der Waals surface area contributed by atoms with Crippen molar-refractivity contribution in [3.8, 4) is 0 Å². The highest BCUT2D eigenvalue weighted by molar-refractivity contribution is 9.10. The first kappa shape index (κ1) is 15.2. The molecular formula is C11H10BrNO5S2. The van der Waals surface area contributed by atoms with Crippen molar-refractivity contribution in [2.24, 2.45) is 0 Å². The van der Waals surface area contributed by atoms with Crippen LogP contribution in [0.25, 0.3) is 0 Å². The van der Waals surface area contributed by atoms with Gasteiger partial charge in [-0.05, 0) is 34.1 Å². The Morgan fingerprint density at radius 1 is 1.50 bits per heavy atom. The van der Waals surface area contributed by atoms with Crippen LogP contribution in [0.15, 0.2) is 37.6 Å². The van der Waals surface area contributed by atoms with Crippen LogP contribution < -0.4 is 0 Å². The quantitative estimate of drug-likeness (QED) is 0.862. The van der Waals surface area contributed by atoms with Crippen molar-refractivity contribution in [2.75, 3.05) is 7.05 Å². The molecule has 0 aliphatic rings. The average molecular weight is 380 g/mol. The van der Waals surface area contributed by atoms with E-state index in [1.54, 1.807) is 12.1 Å². The lowest BCUT2D eigenvalue weighted by Crippen LogP contribution is -2.25. The van der Waals surface area contributed by atoms with Crippen LogP contribution in [-0.2, 0) is 16.6 Å². The van der Waals surface area contributed by atoms with Gasteiger partial charge < -0.3 is 9.52 Å². The van der Waals surface area contributed by atoms with Crippen LogP contribution in [0.5, 0.6) is 0 Å². The van der Waals surface area contributed by atoms with Gasteiger partial charge in [-0.1, -0.05) is 0 Å². The second kappa shape index (κ2) is 5.68. The van der Waals surface area contributed by atoms with Gasteiger partial charge in [-0.25, -0.2) is 13.2 Å². The number of carboxylic acid groups (broad SMARTS) is 1. The average Bonchev–Trinajstić information content (AvgIpc) is 2.98. The normalized spacial score (nSPS) is 11.9. The van der Waals surface area contributed by atoms with Gasteiger partial charge in [-0.15, -0.1) is 11.3 Å². The molecule has 108 valence electrons. The summed E-state index contributed by atoms with van der Waals surface area (Å²) in [4.78, 5) is 10.7. The molecule has 9 heteroatoms. The zero-order chi connectivity index (χ0) is 14.9. The maximum Gasteiger partial charge on any atom is 0.345 e. The van der Waals surface area contributed by atoms with E-state index in [2.05, 4.69) is 15.9 Å². The number of halogens is 1. The fourth-order valence-corrected chi connectivity index (χ4v) is 4.06. The summed E-state index contributed by atoms with van der Waals surface area (Å²) in [6, 6.07) is 4.48. The first-order chi connectivity index (χ1) is 9.30. The summed E-state index contributed by atoms with van der Waals surface area (Å²) in [5.74, 6) is -0.661. The van der Waals surface area contributed by atoms with E-state index < -0.39 is 16.0 Å². The van der Waals surface area contributed by atoms with Gasteiger partial charge in [0.25, 0.3) is 0 Å². The number of hydrogen-bond acceptors (Lipinski definition) is 5. The molecule has 20 heavy (non-hydrogen) atoms. The van der Waals surface area contributed by atoms with E-state index in [4.69, 9.17) is 9.52 Å². The van der Waals surface area contributed by atoms with Crippen LogP contribution >= 0.6 is 27.3 Å². The van der Waals surface area contributed by atoms with Crippen molar-refractivity contribution in [2.45, 2.75) is 11.4 Å². The molecule has 0 unspecified atom stereocenters. The van der Waals surface area contributed by atoms with E-state index in [-0.39, 0.29) is 16.3 Å². The second-order valence-corrected chi connectivity index (χ2v) is 7.66. The Bertz CT molecular complexity index is 734. The third kappa shape index (κ3) is 3.11. The summed E-state index contributed by atoms with van der Waals surface area (Å²) in [7, 11) is -2.33. The Balaban J connectivity index is 2.22. The molecule has 0 radical (unpaired) electrons. The standard InChI is InChI=1S/C11H10BrNO5S2/c1-13(5-7-2-3-10(12)18-7)20(16,17)8-4-9(11(14)15)19-6-8/h2-4,6H,5H2,1H3,(H,14,15). The molecule has 2 aromatic heterocycles. The van der Waals surface area contributed by atoms with Crippen LogP contribution in [0.2, 0.25) is 0 Å². The SMILES string of the molecule is CN(Cc1ccc(Br)o1)S(=O)(=O)c1csc(C(=O)O)c1. The molecule has 0 amide bonds. The van der Waals surface area contributed by atoms with Gasteiger partial charge in [0.15, 0.2) is 4.67 Å². The Morgan fingerprint density at radius 3 is 2.70 bits per heavy atom. The lowest BCUT2D eigenvalue weighted by atomic mass is 10.4. The lowest BCUT2D eigenvalue weighted by molar-refractivity contribution is 0.0702. The summed E-state index contributed by atoms with van der Waals surface area (Å²) in [6.45, 7) is 0.0617. The number of rotatable bonds is 5. The predicted octanol–water partition coefficient (Wildman–Crippen LogP) is 2.62. The van der Waals surface area contributed by atoms with Gasteiger partial charge in [0, 0.05) is 12.4 Å². The van der Waals surface area contributed by atoms with Crippen molar-refractivity contribution in [1.82, 2.24) is 4.31 Å². The van der Waals surface area contributed by atoms with E-state index in [9.17, 15) is 13.2 Å². The van der Waals surface area contributed by atoms with Crippen molar-refractivity contribution >= 4 is 43.3 Å². The topological polar surface area (TPSA) is 87.8 Å². The monoisotopic (exact) mass is 379 g/mol. The van der Waals surface area contributed by atoms with Crippen LogP contribution in [0.4, 0.5) is 0 Å². The first-order valence-corrected chi connectivity index (χ1v) is 8.44. The molecule has 0 saturated heterocycles. The van der Waals surface area contributed by atoms with E-state index >= 15 is 0 Å². The zero-order valence-electron chi connectivity index (χ0n) is 10.2. The molecule has 2 aromatic rings. The number of hydrogen-bond donors (Lipinski definition) is 1. The van der Waals surface area contributed by atoms with Crippen molar-refractivity contribution in [1.29, 1.82) is 0 Å². The van der Waals surface area contributed by atoms with Gasteiger partial charge in [0.2, 0.25) is 10.0 Å². The summed E-state index contributed by atoms with van der Waals surface area (Å²) >= 11 is 4.01. The number of thiophene rings is 1. The number of furan rings is 1. The molecule has 0 spiro atoms. The Morgan fingerprint density at radius 2 is 2.20 bits per heavy atom. The molecule has 0 aromatic carbocycles.